The number of phenolic OH excluding ortho intramolecular Hbond substituents is 1. The van der Waals surface area contributed by atoms with Gasteiger partial charge >= 0.3 is 0 Å². The number of hydrogen-bond acceptors (Lipinski definition) is 12. The van der Waals surface area contributed by atoms with Gasteiger partial charge in [0, 0.05) is 50.0 Å². The molecule has 0 unspecified atom stereocenters. The molecule has 0 bridgehead atoms. The highest BCUT2D eigenvalue weighted by Crippen LogP contribution is 2.54. The molecule has 14 nitrogen and oxygen atoms in total. The van der Waals surface area contributed by atoms with E-state index >= 15 is 0 Å². The van der Waals surface area contributed by atoms with Crippen LogP contribution in [0.4, 0.5) is 17.1 Å². The molecule has 4 atom stereocenters. The van der Waals surface area contributed by atoms with E-state index in [1.165, 1.54) is 17.0 Å². The van der Waals surface area contributed by atoms with Crippen LogP contribution in [0, 0.1) is 22.0 Å². The molecule has 0 aliphatic heterocycles. The van der Waals surface area contributed by atoms with Gasteiger partial charge in [-0.05, 0) is 50.0 Å². The van der Waals surface area contributed by atoms with E-state index in [-0.39, 0.29) is 47.6 Å². The fourth-order valence-corrected chi connectivity index (χ4v) is 6.76. The highest BCUT2D eigenvalue weighted by molar-refractivity contribution is 6.24. The number of amides is 1. The first-order chi connectivity index (χ1) is 20.6. The highest BCUT2D eigenvalue weighted by Gasteiger charge is 2.64. The van der Waals surface area contributed by atoms with Crippen LogP contribution in [0.3, 0.4) is 0 Å². The highest BCUT2D eigenvalue weighted by atomic mass is 16.6. The van der Waals surface area contributed by atoms with Crippen molar-refractivity contribution in [2.45, 2.75) is 31.0 Å². The number of aliphatic hydroxyl groups is 3. The summed E-state index contributed by atoms with van der Waals surface area (Å²) in [7, 11) is 6.62. The van der Waals surface area contributed by atoms with E-state index in [1.54, 1.807) is 51.3 Å². The van der Waals surface area contributed by atoms with Gasteiger partial charge in [0.25, 0.3) is 11.6 Å². The van der Waals surface area contributed by atoms with Gasteiger partial charge in [0.2, 0.25) is 5.78 Å². The van der Waals surface area contributed by atoms with Crippen LogP contribution >= 0.6 is 0 Å². The Labute approximate surface area is 251 Å². The van der Waals surface area contributed by atoms with Crippen LogP contribution in [0.1, 0.15) is 23.1 Å². The number of anilines is 2. The minimum atomic E-state index is -2.73. The molecule has 1 amide bonds. The Hall–Kier alpha value is -4.95. The van der Waals surface area contributed by atoms with Crippen molar-refractivity contribution in [3.63, 3.8) is 0 Å². The van der Waals surface area contributed by atoms with Crippen molar-refractivity contribution in [2.24, 2.45) is 17.6 Å². The van der Waals surface area contributed by atoms with E-state index in [0.717, 1.165) is 0 Å². The summed E-state index contributed by atoms with van der Waals surface area (Å²) in [4.78, 5) is 53.2. The molecule has 7 N–H and O–H groups in total. The normalized spacial score (nSPS) is 24.5. The fraction of sp³-hybridized carbons (Fsp3) is 0.367. The second kappa shape index (κ2) is 10.6. The van der Waals surface area contributed by atoms with Crippen molar-refractivity contribution < 1.29 is 39.7 Å². The lowest BCUT2D eigenvalue weighted by Crippen LogP contribution is -2.65. The molecule has 3 aliphatic carbocycles. The number of phenols is 1. The maximum Gasteiger partial charge on any atom is 0.269 e. The number of rotatable bonds is 7. The number of aromatic hydroxyl groups is 1. The molecular weight excluding hydrogens is 574 g/mol. The molecular formula is C30H33N5O9. The Morgan fingerprint density at radius 1 is 1.14 bits per heavy atom. The third kappa shape index (κ3) is 4.45. The number of ketones is 2. The summed E-state index contributed by atoms with van der Waals surface area (Å²) in [6.07, 6.45) is 0.137. The van der Waals surface area contributed by atoms with E-state index in [1.807, 2.05) is 0 Å². The Morgan fingerprint density at radius 3 is 2.32 bits per heavy atom. The number of Topliss-reactive ketones (excluding diaryl/α,β-unsaturated/α-hetero) is 2. The number of aliphatic hydroxyl groups excluding tert-OH is 2. The molecule has 2 aromatic carbocycles. The van der Waals surface area contributed by atoms with Crippen molar-refractivity contribution in [3.05, 3.63) is 74.0 Å². The second-order valence-corrected chi connectivity index (χ2v) is 11.8. The van der Waals surface area contributed by atoms with E-state index in [0.29, 0.717) is 16.8 Å². The second-order valence-electron chi connectivity index (χ2n) is 11.8. The minimum absolute atomic E-state index is 0.0143. The molecule has 1 saturated carbocycles. The van der Waals surface area contributed by atoms with Gasteiger partial charge < -0.3 is 36.4 Å². The number of carbonyl (C=O) groups excluding carboxylic acids is 3. The number of nitrogens with zero attached hydrogens (tertiary/aromatic N) is 3. The molecule has 5 rings (SSSR count). The van der Waals surface area contributed by atoms with Crippen LogP contribution in [0.15, 0.2) is 47.2 Å². The molecule has 0 spiro atoms. The predicted molar refractivity (Wildman–Crippen MR) is 159 cm³/mol. The molecule has 44 heavy (non-hydrogen) atoms. The lowest BCUT2D eigenvalue weighted by Gasteiger charge is -2.50. The Kier molecular flexibility index (Phi) is 7.38. The van der Waals surface area contributed by atoms with E-state index in [4.69, 9.17) is 5.73 Å². The lowest BCUT2D eigenvalue weighted by molar-refractivity contribution is -0.384. The summed E-state index contributed by atoms with van der Waals surface area (Å²) in [6, 6.07) is 6.34. The van der Waals surface area contributed by atoms with Gasteiger partial charge in [0.05, 0.1) is 22.2 Å². The first kappa shape index (κ1) is 30.5. The minimum Gasteiger partial charge on any atom is -0.508 e. The number of nitrogens with one attached hydrogen (secondary N) is 1. The first-order valence-electron chi connectivity index (χ1n) is 13.8. The molecule has 0 saturated heterocycles. The topological polar surface area (TPSA) is 220 Å². The smallest absolute Gasteiger partial charge is 0.269 e. The summed E-state index contributed by atoms with van der Waals surface area (Å²) in [5.74, 6) is -7.19. The number of nitrogens with two attached hydrogens (primary N) is 1. The lowest BCUT2D eigenvalue weighted by atomic mass is 9.57. The number of nitro groups is 1. The van der Waals surface area contributed by atoms with Gasteiger partial charge in [-0.1, -0.05) is 12.1 Å². The molecule has 2 aromatic rings. The number of hydrogen-bond donors (Lipinski definition) is 6. The Balaban J connectivity index is 1.63. The van der Waals surface area contributed by atoms with E-state index in [9.17, 15) is 44.9 Å². The molecule has 1 fully saturated rings. The zero-order chi connectivity index (χ0) is 32.4. The van der Waals surface area contributed by atoms with E-state index < -0.39 is 63.0 Å². The number of likely N-dealkylation sites (N-methyl/N-ethyl adjacent to an activating group) is 1. The first-order valence-corrected chi connectivity index (χ1v) is 13.8. The average Bonchev–Trinajstić information content (AvgIpc) is 2.94. The van der Waals surface area contributed by atoms with Crippen LogP contribution in [0.2, 0.25) is 0 Å². The predicted octanol–water partition coefficient (Wildman–Crippen LogP) is 1.55. The third-order valence-corrected chi connectivity index (χ3v) is 8.81. The van der Waals surface area contributed by atoms with E-state index in [2.05, 4.69) is 5.32 Å². The van der Waals surface area contributed by atoms with Crippen molar-refractivity contribution in [1.82, 2.24) is 4.90 Å². The number of carbonyl (C=O) groups is 3. The maximum absolute atomic E-state index is 14.1. The van der Waals surface area contributed by atoms with Crippen LogP contribution < -0.4 is 16.0 Å². The van der Waals surface area contributed by atoms with Gasteiger partial charge in [-0.3, -0.25) is 29.4 Å². The summed E-state index contributed by atoms with van der Waals surface area (Å²) in [5.41, 5.74) is 3.43. The number of non-ortho nitro benzene ring substituents is 1. The van der Waals surface area contributed by atoms with Gasteiger partial charge in [-0.2, -0.15) is 0 Å². The van der Waals surface area contributed by atoms with Crippen molar-refractivity contribution in [1.29, 1.82) is 0 Å². The molecule has 14 heteroatoms. The fourth-order valence-electron chi connectivity index (χ4n) is 6.76. The third-order valence-electron chi connectivity index (χ3n) is 8.81. The summed E-state index contributed by atoms with van der Waals surface area (Å²) in [5, 5.41) is 59.9. The summed E-state index contributed by atoms with van der Waals surface area (Å²) >= 11 is 0. The molecule has 0 radical (unpaired) electrons. The van der Waals surface area contributed by atoms with Crippen LogP contribution in [-0.4, -0.2) is 87.6 Å². The number of primary amides is 1. The average molecular weight is 608 g/mol. The van der Waals surface area contributed by atoms with Crippen LogP contribution in [-0.2, 0) is 27.3 Å². The Morgan fingerprint density at radius 2 is 1.77 bits per heavy atom. The van der Waals surface area contributed by atoms with Crippen molar-refractivity contribution >= 4 is 40.3 Å². The zero-order valence-corrected chi connectivity index (χ0v) is 24.5. The monoisotopic (exact) mass is 607 g/mol. The molecule has 3 aliphatic rings. The van der Waals surface area contributed by atoms with Crippen molar-refractivity contribution in [3.8, 4) is 5.75 Å². The quantitative estimate of drug-likeness (QED) is 0.114. The maximum atomic E-state index is 14.1. The molecule has 232 valence electrons. The van der Waals surface area contributed by atoms with Gasteiger partial charge in [0.1, 0.15) is 22.8 Å². The molecule has 0 heterocycles. The van der Waals surface area contributed by atoms with Crippen LogP contribution in [0.5, 0.6) is 5.75 Å². The summed E-state index contributed by atoms with van der Waals surface area (Å²) < 4.78 is 0. The summed E-state index contributed by atoms with van der Waals surface area (Å²) in [6.45, 7) is 0.159. The van der Waals surface area contributed by atoms with Gasteiger partial charge in [-0.15, -0.1) is 0 Å². The Bertz CT molecular complexity index is 1680. The number of fused-ring (bicyclic) bond motifs is 3. The largest absolute Gasteiger partial charge is 0.508 e. The van der Waals surface area contributed by atoms with Gasteiger partial charge in [0.15, 0.2) is 11.4 Å². The van der Waals surface area contributed by atoms with Crippen LogP contribution in [0.25, 0.3) is 5.76 Å². The SMILES string of the molecule is CN(C)c1cc(NCc2ccc([N+](=O)[O-])cc2)c(O)c2c1C[C@H]1C[C@H]3[C@H](N(C)C)C(=O)C(C(N)=O)=C(O)[C@@]3(O)C(=O)C1=C2O. The standard InChI is InChI=1S/C30H33N5O9/c1-33(2)19-11-18(32-12-13-5-7-15(8-6-13)35(43)44)24(36)21-16(19)9-14-10-17-23(34(3)4)26(38)22(29(31)41)28(40)30(17,42)27(39)20(14)25(21)37/h5-8,11,14,17,23,32,36-37,40,42H,9-10,12H2,1-4H3,(H2,31,41)/t14-,17-,23-,30-/m0/s1. The van der Waals surface area contributed by atoms with Gasteiger partial charge in [-0.25, -0.2) is 0 Å². The zero-order valence-electron chi connectivity index (χ0n) is 24.5. The van der Waals surface area contributed by atoms with Crippen molar-refractivity contribution in [2.75, 3.05) is 38.4 Å². The molecule has 0 aromatic heterocycles. The number of benzene rings is 2. The number of nitro benzene ring substituents is 1.